The zero-order valence-electron chi connectivity index (χ0n) is 15.5. The molecule has 23 heavy (non-hydrogen) atoms. The maximum atomic E-state index is 5.97. The molecular formula is C18H39IN4. The van der Waals surface area contributed by atoms with Crippen LogP contribution in [0, 0.1) is 5.92 Å². The van der Waals surface area contributed by atoms with Gasteiger partial charge in [0.1, 0.15) is 0 Å². The minimum absolute atomic E-state index is 0. The van der Waals surface area contributed by atoms with Crippen LogP contribution in [0.3, 0.4) is 0 Å². The van der Waals surface area contributed by atoms with Crippen molar-refractivity contribution >= 4 is 29.9 Å². The molecule has 5 heteroatoms. The molecule has 1 rings (SSSR count). The van der Waals surface area contributed by atoms with Gasteiger partial charge in [-0.05, 0) is 45.6 Å². The van der Waals surface area contributed by atoms with E-state index in [9.17, 15) is 0 Å². The molecule has 3 N–H and O–H groups in total. The van der Waals surface area contributed by atoms with Gasteiger partial charge in [0.2, 0.25) is 0 Å². The first-order valence-corrected chi connectivity index (χ1v) is 9.41. The summed E-state index contributed by atoms with van der Waals surface area (Å²) in [5.74, 6) is 1.31. The number of nitrogens with two attached hydrogens (primary N) is 1. The standard InChI is InChI=1S/C18H38N4.HI/c1-4-5-6-7-8-9-12-20-18(19)21-14-17-11-10-13-22(15-17)16(2)3;/h16-17H,4-15H2,1-3H3,(H3,19,20,21);1H. The average Bonchev–Trinajstić information content (AvgIpc) is 2.52. The molecule has 4 nitrogen and oxygen atoms in total. The highest BCUT2D eigenvalue weighted by Crippen LogP contribution is 2.18. The van der Waals surface area contributed by atoms with Crippen LogP contribution >= 0.6 is 24.0 Å². The fraction of sp³-hybridized carbons (Fsp3) is 0.944. The van der Waals surface area contributed by atoms with E-state index in [2.05, 4.69) is 36.0 Å². The average molecular weight is 438 g/mol. The summed E-state index contributed by atoms with van der Waals surface area (Å²) in [6, 6.07) is 0.648. The Balaban J connectivity index is 0.00000484. The van der Waals surface area contributed by atoms with Crippen LogP contribution in [0.5, 0.6) is 0 Å². The molecule has 1 heterocycles. The SMILES string of the molecule is CCCCCCCCNC(N)=NCC1CCCN(C(C)C)C1.I. The third-order valence-electron chi connectivity index (χ3n) is 4.64. The van der Waals surface area contributed by atoms with Gasteiger partial charge in [0.05, 0.1) is 0 Å². The fourth-order valence-electron chi connectivity index (χ4n) is 3.12. The van der Waals surface area contributed by atoms with Gasteiger partial charge in [-0.15, -0.1) is 24.0 Å². The Labute approximate surface area is 161 Å². The molecule has 0 amide bonds. The summed E-state index contributed by atoms with van der Waals surface area (Å²) >= 11 is 0. The fourth-order valence-corrected chi connectivity index (χ4v) is 3.12. The molecule has 1 aliphatic heterocycles. The predicted molar refractivity (Wildman–Crippen MR) is 113 cm³/mol. The van der Waals surface area contributed by atoms with Crippen molar-refractivity contribution in [3.63, 3.8) is 0 Å². The van der Waals surface area contributed by atoms with E-state index >= 15 is 0 Å². The summed E-state index contributed by atoms with van der Waals surface area (Å²) in [7, 11) is 0. The molecule has 1 atom stereocenters. The number of nitrogens with zero attached hydrogens (tertiary/aromatic N) is 2. The van der Waals surface area contributed by atoms with Crippen LogP contribution in [0.15, 0.2) is 4.99 Å². The number of hydrogen-bond donors (Lipinski definition) is 2. The van der Waals surface area contributed by atoms with Crippen LogP contribution < -0.4 is 11.1 Å². The normalized spacial score (nSPS) is 19.7. The lowest BCUT2D eigenvalue weighted by Crippen LogP contribution is -2.41. The number of halogens is 1. The van der Waals surface area contributed by atoms with E-state index in [1.165, 1.54) is 64.5 Å². The lowest BCUT2D eigenvalue weighted by atomic mass is 9.97. The lowest BCUT2D eigenvalue weighted by Gasteiger charge is -2.34. The zero-order valence-corrected chi connectivity index (χ0v) is 17.9. The largest absolute Gasteiger partial charge is 0.370 e. The number of rotatable bonds is 10. The number of piperidine rings is 1. The van der Waals surface area contributed by atoms with Gasteiger partial charge in [-0.2, -0.15) is 0 Å². The maximum absolute atomic E-state index is 5.97. The molecule has 0 aromatic rings. The predicted octanol–water partition coefficient (Wildman–Crippen LogP) is 3.99. The summed E-state index contributed by atoms with van der Waals surface area (Å²) in [5, 5.41) is 3.26. The number of nitrogens with one attached hydrogen (secondary N) is 1. The molecule has 1 aliphatic rings. The first-order valence-electron chi connectivity index (χ1n) is 9.41. The molecule has 1 fully saturated rings. The van der Waals surface area contributed by atoms with E-state index in [4.69, 9.17) is 5.73 Å². The van der Waals surface area contributed by atoms with Gasteiger partial charge in [-0.3, -0.25) is 4.99 Å². The number of hydrogen-bond acceptors (Lipinski definition) is 2. The number of unbranched alkanes of at least 4 members (excludes halogenated alkanes) is 5. The van der Waals surface area contributed by atoms with Gasteiger partial charge in [0, 0.05) is 25.7 Å². The second-order valence-electron chi connectivity index (χ2n) is 7.02. The van der Waals surface area contributed by atoms with Crippen molar-refractivity contribution in [2.24, 2.45) is 16.6 Å². The molecule has 0 saturated carbocycles. The van der Waals surface area contributed by atoms with Crippen molar-refractivity contribution in [2.45, 2.75) is 78.2 Å². The Morgan fingerprint density at radius 3 is 2.61 bits per heavy atom. The highest BCUT2D eigenvalue weighted by atomic mass is 127. The van der Waals surface area contributed by atoms with Crippen molar-refractivity contribution in [3.8, 4) is 0 Å². The van der Waals surface area contributed by atoms with Crippen LogP contribution in [-0.4, -0.2) is 43.1 Å². The second-order valence-corrected chi connectivity index (χ2v) is 7.02. The molecular weight excluding hydrogens is 399 g/mol. The van der Waals surface area contributed by atoms with Crippen molar-refractivity contribution in [2.75, 3.05) is 26.2 Å². The van der Waals surface area contributed by atoms with E-state index < -0.39 is 0 Å². The molecule has 0 bridgehead atoms. The van der Waals surface area contributed by atoms with Gasteiger partial charge in [0.15, 0.2) is 5.96 Å². The number of likely N-dealkylation sites (tertiary alicyclic amines) is 1. The molecule has 0 aromatic carbocycles. The van der Waals surface area contributed by atoms with Gasteiger partial charge in [-0.25, -0.2) is 0 Å². The summed E-state index contributed by atoms with van der Waals surface area (Å²) < 4.78 is 0. The monoisotopic (exact) mass is 438 g/mol. The molecule has 0 aromatic heterocycles. The van der Waals surface area contributed by atoms with Crippen LogP contribution in [0.25, 0.3) is 0 Å². The minimum atomic E-state index is 0. The van der Waals surface area contributed by atoms with E-state index in [-0.39, 0.29) is 24.0 Å². The highest BCUT2D eigenvalue weighted by molar-refractivity contribution is 14.0. The topological polar surface area (TPSA) is 53.6 Å². The van der Waals surface area contributed by atoms with Crippen molar-refractivity contribution < 1.29 is 0 Å². The third-order valence-corrected chi connectivity index (χ3v) is 4.64. The minimum Gasteiger partial charge on any atom is -0.370 e. The van der Waals surface area contributed by atoms with Crippen LogP contribution in [-0.2, 0) is 0 Å². The van der Waals surface area contributed by atoms with Crippen molar-refractivity contribution in [1.29, 1.82) is 0 Å². The first kappa shape index (κ1) is 23.0. The van der Waals surface area contributed by atoms with Gasteiger partial charge in [0.25, 0.3) is 0 Å². The zero-order chi connectivity index (χ0) is 16.2. The van der Waals surface area contributed by atoms with E-state index in [0.717, 1.165) is 13.1 Å². The summed E-state index contributed by atoms with van der Waals surface area (Å²) in [4.78, 5) is 7.10. The Morgan fingerprint density at radius 1 is 1.22 bits per heavy atom. The lowest BCUT2D eigenvalue weighted by molar-refractivity contribution is 0.143. The third kappa shape index (κ3) is 11.2. The van der Waals surface area contributed by atoms with Crippen molar-refractivity contribution in [3.05, 3.63) is 0 Å². The summed E-state index contributed by atoms with van der Waals surface area (Å²) in [6.07, 6.45) is 10.5. The Morgan fingerprint density at radius 2 is 1.91 bits per heavy atom. The molecule has 138 valence electrons. The van der Waals surface area contributed by atoms with E-state index in [1.54, 1.807) is 0 Å². The number of aliphatic imine (C=N–C) groups is 1. The summed E-state index contributed by atoms with van der Waals surface area (Å²) in [6.45, 7) is 11.1. The molecule has 0 radical (unpaired) electrons. The molecule has 1 saturated heterocycles. The van der Waals surface area contributed by atoms with Crippen LogP contribution in [0.2, 0.25) is 0 Å². The van der Waals surface area contributed by atoms with E-state index in [1.807, 2.05) is 0 Å². The quantitative estimate of drug-likeness (QED) is 0.235. The Hall–Kier alpha value is -0.0400. The van der Waals surface area contributed by atoms with Crippen LogP contribution in [0.1, 0.15) is 72.1 Å². The van der Waals surface area contributed by atoms with Gasteiger partial charge >= 0.3 is 0 Å². The Bertz CT molecular complexity index is 307. The maximum Gasteiger partial charge on any atom is 0.188 e. The first-order chi connectivity index (χ1) is 10.6. The van der Waals surface area contributed by atoms with Crippen molar-refractivity contribution in [1.82, 2.24) is 10.2 Å². The number of guanidine groups is 1. The molecule has 1 unspecified atom stereocenters. The highest BCUT2D eigenvalue weighted by Gasteiger charge is 2.21. The van der Waals surface area contributed by atoms with E-state index in [0.29, 0.717) is 17.9 Å². The van der Waals surface area contributed by atoms with Gasteiger partial charge in [-0.1, -0.05) is 39.0 Å². The molecule has 0 spiro atoms. The van der Waals surface area contributed by atoms with Gasteiger partial charge < -0.3 is 16.0 Å². The summed E-state index contributed by atoms with van der Waals surface area (Å²) in [5.41, 5.74) is 5.97. The second kappa shape index (κ2) is 14.3. The molecule has 0 aliphatic carbocycles. The smallest absolute Gasteiger partial charge is 0.188 e. The van der Waals surface area contributed by atoms with Crippen LogP contribution in [0.4, 0.5) is 0 Å². The Kier molecular flexibility index (Phi) is 14.3.